The summed E-state index contributed by atoms with van der Waals surface area (Å²) in [6.45, 7) is 4.81. The van der Waals surface area contributed by atoms with Crippen LogP contribution in [0.2, 0.25) is 0 Å². The van der Waals surface area contributed by atoms with Crippen LogP contribution in [-0.4, -0.2) is 34.8 Å². The first-order chi connectivity index (χ1) is 8.58. The second-order valence-corrected chi connectivity index (χ2v) is 3.60. The zero-order chi connectivity index (χ0) is 13.5. The number of aromatic nitrogens is 2. The van der Waals surface area contributed by atoms with Gasteiger partial charge in [-0.2, -0.15) is 5.10 Å². The minimum Gasteiger partial charge on any atom is -0.466 e. The highest BCUT2D eigenvalue weighted by molar-refractivity contribution is 5.97. The van der Waals surface area contributed by atoms with Crippen molar-refractivity contribution in [1.82, 2.24) is 15.1 Å². The van der Waals surface area contributed by atoms with E-state index in [9.17, 15) is 9.59 Å². The minimum absolute atomic E-state index is 0.133. The Morgan fingerprint density at radius 3 is 2.78 bits per heavy atom. The molecular weight excluding hydrogens is 236 g/mol. The summed E-state index contributed by atoms with van der Waals surface area (Å²) in [6.07, 6.45) is 1.73. The van der Waals surface area contributed by atoms with E-state index < -0.39 is 0 Å². The van der Waals surface area contributed by atoms with Crippen LogP contribution in [0.1, 0.15) is 30.8 Å². The molecule has 7 heteroatoms. The van der Waals surface area contributed by atoms with Crippen molar-refractivity contribution in [3.05, 3.63) is 11.9 Å². The molecule has 0 fully saturated rings. The number of carbonyl (C=O) groups excluding carboxylic acids is 2. The lowest BCUT2D eigenvalue weighted by molar-refractivity contribution is -0.142. The van der Waals surface area contributed by atoms with Gasteiger partial charge in [-0.05, 0) is 13.8 Å². The van der Waals surface area contributed by atoms with Crippen LogP contribution >= 0.6 is 0 Å². The number of anilines is 1. The molecule has 0 spiro atoms. The molecule has 1 aromatic rings. The number of nitrogens with zero attached hydrogens (tertiary/aromatic N) is 2. The van der Waals surface area contributed by atoms with Crippen LogP contribution in [0.3, 0.4) is 0 Å². The molecule has 1 amide bonds. The van der Waals surface area contributed by atoms with Crippen LogP contribution in [0.4, 0.5) is 5.69 Å². The highest BCUT2D eigenvalue weighted by Crippen LogP contribution is 2.08. The molecule has 0 aliphatic heterocycles. The number of nitrogen functional groups attached to an aromatic ring is 1. The zero-order valence-corrected chi connectivity index (χ0v) is 10.6. The van der Waals surface area contributed by atoms with Gasteiger partial charge in [-0.15, -0.1) is 0 Å². The predicted octanol–water partition coefficient (Wildman–Crippen LogP) is 0.168. The number of nitrogens with one attached hydrogen (secondary N) is 1. The van der Waals surface area contributed by atoms with Crippen LogP contribution in [-0.2, 0) is 16.1 Å². The number of aryl methyl sites for hydroxylation is 1. The zero-order valence-electron chi connectivity index (χ0n) is 10.6. The maximum Gasteiger partial charge on any atom is 0.307 e. The second kappa shape index (κ2) is 6.63. The fraction of sp³-hybridized carbons (Fsp3) is 0.545. The Labute approximate surface area is 105 Å². The molecule has 0 radical (unpaired) electrons. The van der Waals surface area contributed by atoms with E-state index in [4.69, 9.17) is 10.5 Å². The maximum absolute atomic E-state index is 11.7. The first-order valence-electron chi connectivity index (χ1n) is 5.85. The molecule has 18 heavy (non-hydrogen) atoms. The quantitative estimate of drug-likeness (QED) is 0.705. The van der Waals surface area contributed by atoms with Crippen molar-refractivity contribution in [3.63, 3.8) is 0 Å². The Kier molecular flexibility index (Phi) is 5.16. The van der Waals surface area contributed by atoms with Gasteiger partial charge < -0.3 is 15.8 Å². The van der Waals surface area contributed by atoms with Gasteiger partial charge in [0.2, 0.25) is 0 Å². The van der Waals surface area contributed by atoms with E-state index in [0.29, 0.717) is 18.8 Å². The molecule has 7 nitrogen and oxygen atoms in total. The molecule has 0 atom stereocenters. The minimum atomic E-state index is -0.385. The average molecular weight is 254 g/mol. The number of hydrogen-bond acceptors (Lipinski definition) is 5. The topological polar surface area (TPSA) is 99.2 Å². The molecule has 100 valence electrons. The molecule has 0 bridgehead atoms. The van der Waals surface area contributed by atoms with Crippen molar-refractivity contribution in [2.75, 3.05) is 18.9 Å². The van der Waals surface area contributed by atoms with E-state index in [2.05, 4.69) is 10.4 Å². The van der Waals surface area contributed by atoms with E-state index in [1.165, 1.54) is 0 Å². The number of esters is 1. The molecule has 0 unspecified atom stereocenters. The molecule has 1 rings (SSSR count). The smallest absolute Gasteiger partial charge is 0.307 e. The first kappa shape index (κ1) is 14.0. The highest BCUT2D eigenvalue weighted by atomic mass is 16.5. The summed E-state index contributed by atoms with van der Waals surface area (Å²) in [5, 5.41) is 6.60. The van der Waals surface area contributed by atoms with E-state index in [0.717, 1.165) is 0 Å². The third-order valence-electron chi connectivity index (χ3n) is 2.25. The Morgan fingerprint density at radius 2 is 2.22 bits per heavy atom. The molecule has 3 N–H and O–H groups in total. The number of hydrogen-bond donors (Lipinski definition) is 2. The number of rotatable bonds is 6. The summed E-state index contributed by atoms with van der Waals surface area (Å²) >= 11 is 0. The summed E-state index contributed by atoms with van der Waals surface area (Å²) in [6, 6.07) is 0. The lowest BCUT2D eigenvalue weighted by Crippen LogP contribution is -2.27. The Morgan fingerprint density at radius 1 is 1.50 bits per heavy atom. The molecule has 1 aromatic heterocycles. The van der Waals surface area contributed by atoms with Gasteiger partial charge in [-0.3, -0.25) is 14.3 Å². The molecule has 0 aliphatic rings. The maximum atomic E-state index is 11.7. The van der Waals surface area contributed by atoms with Crippen molar-refractivity contribution in [3.8, 4) is 0 Å². The lowest BCUT2D eigenvalue weighted by atomic mass is 10.3. The predicted molar refractivity (Wildman–Crippen MR) is 65.9 cm³/mol. The summed E-state index contributed by atoms with van der Waals surface area (Å²) in [5.74, 6) is -0.728. The standard InChI is InChI=1S/C11H18N4O3/c1-3-15-7-8(12)10(14-15)11(17)13-6-5-9(16)18-4-2/h7H,3-6,12H2,1-2H3,(H,13,17). The van der Waals surface area contributed by atoms with Crippen molar-refractivity contribution in [2.24, 2.45) is 0 Å². The summed E-state index contributed by atoms with van der Waals surface area (Å²) in [7, 11) is 0. The van der Waals surface area contributed by atoms with E-state index in [1.807, 2.05) is 6.92 Å². The largest absolute Gasteiger partial charge is 0.466 e. The van der Waals surface area contributed by atoms with Crippen LogP contribution in [0.25, 0.3) is 0 Å². The summed E-state index contributed by atoms with van der Waals surface area (Å²) < 4.78 is 6.32. The Balaban J connectivity index is 2.45. The molecule has 0 aliphatic carbocycles. The number of amides is 1. The normalized spacial score (nSPS) is 10.1. The lowest BCUT2D eigenvalue weighted by Gasteiger charge is -2.03. The first-order valence-corrected chi connectivity index (χ1v) is 5.85. The van der Waals surface area contributed by atoms with Crippen molar-refractivity contribution >= 4 is 17.6 Å². The number of carbonyl (C=O) groups is 2. The molecule has 0 saturated carbocycles. The van der Waals surface area contributed by atoms with Gasteiger partial charge >= 0.3 is 5.97 Å². The Bertz CT molecular complexity index is 428. The van der Waals surface area contributed by atoms with Gasteiger partial charge in [-0.25, -0.2) is 0 Å². The molecule has 0 saturated heterocycles. The molecule has 0 aromatic carbocycles. The van der Waals surface area contributed by atoms with Crippen LogP contribution in [0.5, 0.6) is 0 Å². The van der Waals surface area contributed by atoms with Crippen molar-refractivity contribution in [1.29, 1.82) is 0 Å². The van der Waals surface area contributed by atoms with Crippen molar-refractivity contribution in [2.45, 2.75) is 26.8 Å². The van der Waals surface area contributed by atoms with Crippen LogP contribution in [0, 0.1) is 0 Å². The number of ether oxygens (including phenoxy) is 1. The number of nitrogens with two attached hydrogens (primary N) is 1. The van der Waals surface area contributed by atoms with Gasteiger partial charge in [0.15, 0.2) is 5.69 Å². The average Bonchev–Trinajstić information content (AvgIpc) is 2.71. The molecular formula is C11H18N4O3. The monoisotopic (exact) mass is 254 g/mol. The van der Waals surface area contributed by atoms with Crippen LogP contribution in [0.15, 0.2) is 6.20 Å². The Hall–Kier alpha value is -2.05. The fourth-order valence-electron chi connectivity index (χ4n) is 1.37. The summed E-state index contributed by atoms with van der Waals surface area (Å²) in [5.41, 5.74) is 6.17. The van der Waals surface area contributed by atoms with Gasteiger partial charge in [0.05, 0.1) is 18.7 Å². The van der Waals surface area contributed by atoms with Crippen LogP contribution < -0.4 is 11.1 Å². The van der Waals surface area contributed by atoms with Gasteiger partial charge in [-0.1, -0.05) is 0 Å². The third kappa shape index (κ3) is 3.76. The second-order valence-electron chi connectivity index (χ2n) is 3.60. The van der Waals surface area contributed by atoms with Gasteiger partial charge in [0.1, 0.15) is 0 Å². The highest BCUT2D eigenvalue weighted by Gasteiger charge is 2.14. The van der Waals surface area contributed by atoms with E-state index >= 15 is 0 Å². The molecule has 1 heterocycles. The fourth-order valence-corrected chi connectivity index (χ4v) is 1.37. The van der Waals surface area contributed by atoms with E-state index in [-0.39, 0.29) is 30.5 Å². The van der Waals surface area contributed by atoms with Gasteiger partial charge in [0, 0.05) is 19.3 Å². The van der Waals surface area contributed by atoms with E-state index in [1.54, 1.807) is 17.8 Å². The third-order valence-corrected chi connectivity index (χ3v) is 2.25. The summed E-state index contributed by atoms with van der Waals surface area (Å²) in [4.78, 5) is 22.8. The SMILES string of the molecule is CCOC(=O)CCNC(=O)c1nn(CC)cc1N. The van der Waals surface area contributed by atoms with Crippen molar-refractivity contribution < 1.29 is 14.3 Å². The van der Waals surface area contributed by atoms with Gasteiger partial charge in [0.25, 0.3) is 5.91 Å².